The highest BCUT2D eigenvalue weighted by molar-refractivity contribution is 6.35. The van der Waals surface area contributed by atoms with Gasteiger partial charge in [-0.15, -0.1) is 0 Å². The first kappa shape index (κ1) is 22.1. The summed E-state index contributed by atoms with van der Waals surface area (Å²) in [5.41, 5.74) is 0.221. The summed E-state index contributed by atoms with van der Waals surface area (Å²) in [6, 6.07) is 8.27. The molecule has 0 aliphatic rings. The van der Waals surface area contributed by atoms with E-state index in [9.17, 15) is 9.59 Å². The molecule has 158 valence electrons. The number of hydrogen-bond acceptors (Lipinski definition) is 5. The molecule has 7 nitrogen and oxygen atoms in total. The molecule has 1 amide bonds. The van der Waals surface area contributed by atoms with Gasteiger partial charge in [0.2, 0.25) is 5.89 Å². The molecule has 2 heterocycles. The molecule has 30 heavy (non-hydrogen) atoms. The summed E-state index contributed by atoms with van der Waals surface area (Å²) < 4.78 is 6.61. The molecule has 3 aromatic rings. The highest BCUT2D eigenvalue weighted by Gasteiger charge is 2.20. The van der Waals surface area contributed by atoms with Gasteiger partial charge in [0.25, 0.3) is 11.5 Å². The van der Waals surface area contributed by atoms with Crippen LogP contribution in [0, 0.1) is 5.92 Å². The molecule has 0 unspecified atom stereocenters. The maximum atomic E-state index is 12.9. The average Bonchev–Trinajstić information content (AvgIpc) is 3.11. The van der Waals surface area contributed by atoms with Crippen molar-refractivity contribution in [1.82, 2.24) is 19.6 Å². The van der Waals surface area contributed by atoms with Crippen molar-refractivity contribution in [2.24, 2.45) is 5.92 Å². The summed E-state index contributed by atoms with van der Waals surface area (Å²) in [4.78, 5) is 31.4. The van der Waals surface area contributed by atoms with Crippen LogP contribution in [0.5, 0.6) is 0 Å². The van der Waals surface area contributed by atoms with Crippen LogP contribution in [-0.2, 0) is 19.5 Å². The molecule has 0 aliphatic heterocycles. The smallest absolute Gasteiger partial charge is 0.263 e. The Morgan fingerprint density at radius 2 is 1.90 bits per heavy atom. The lowest BCUT2D eigenvalue weighted by Gasteiger charge is -2.16. The predicted molar refractivity (Wildman–Crippen MR) is 115 cm³/mol. The summed E-state index contributed by atoms with van der Waals surface area (Å²) in [7, 11) is 1.59. The Balaban J connectivity index is 1.78. The van der Waals surface area contributed by atoms with Crippen molar-refractivity contribution in [3.8, 4) is 0 Å². The van der Waals surface area contributed by atoms with Crippen LogP contribution in [0.2, 0.25) is 10.0 Å². The Morgan fingerprint density at radius 1 is 1.20 bits per heavy atom. The van der Waals surface area contributed by atoms with Crippen molar-refractivity contribution >= 4 is 29.1 Å². The van der Waals surface area contributed by atoms with Crippen LogP contribution in [-0.4, -0.2) is 32.6 Å². The van der Waals surface area contributed by atoms with Crippen molar-refractivity contribution < 1.29 is 9.32 Å². The molecular formula is C21H22Cl2N4O3. The summed E-state index contributed by atoms with van der Waals surface area (Å²) in [6.07, 6.45) is 2.26. The molecule has 0 radical (unpaired) electrons. The van der Waals surface area contributed by atoms with Gasteiger partial charge in [0.1, 0.15) is 5.56 Å². The Hall–Kier alpha value is -2.64. The highest BCUT2D eigenvalue weighted by Crippen LogP contribution is 2.24. The van der Waals surface area contributed by atoms with Gasteiger partial charge in [0, 0.05) is 35.3 Å². The van der Waals surface area contributed by atoms with E-state index >= 15 is 0 Å². The van der Waals surface area contributed by atoms with Crippen LogP contribution in [0.4, 0.5) is 0 Å². The Morgan fingerprint density at radius 3 is 2.57 bits per heavy atom. The number of amides is 1. The van der Waals surface area contributed by atoms with Gasteiger partial charge in [-0.2, -0.15) is 4.98 Å². The quantitative estimate of drug-likeness (QED) is 0.544. The molecule has 1 aromatic carbocycles. The number of pyridine rings is 1. The van der Waals surface area contributed by atoms with Crippen molar-refractivity contribution in [2.75, 3.05) is 7.05 Å². The maximum absolute atomic E-state index is 12.9. The van der Waals surface area contributed by atoms with Crippen LogP contribution in [0.1, 0.15) is 41.5 Å². The highest BCUT2D eigenvalue weighted by atomic mass is 35.5. The first-order valence-corrected chi connectivity index (χ1v) is 10.2. The second-order valence-electron chi connectivity index (χ2n) is 7.42. The van der Waals surface area contributed by atoms with E-state index in [4.69, 9.17) is 27.7 Å². The zero-order valence-electron chi connectivity index (χ0n) is 16.9. The predicted octanol–water partition coefficient (Wildman–Crippen LogP) is 4.06. The monoisotopic (exact) mass is 448 g/mol. The summed E-state index contributed by atoms with van der Waals surface area (Å²) in [6.45, 7) is 4.39. The number of rotatable bonds is 7. The topological polar surface area (TPSA) is 81.2 Å². The first-order chi connectivity index (χ1) is 14.3. The maximum Gasteiger partial charge on any atom is 0.263 e. The van der Waals surface area contributed by atoms with Gasteiger partial charge in [-0.3, -0.25) is 9.59 Å². The van der Waals surface area contributed by atoms with Crippen molar-refractivity contribution in [3.05, 3.63) is 79.8 Å². The molecule has 0 bridgehead atoms. The van der Waals surface area contributed by atoms with E-state index in [1.54, 1.807) is 37.5 Å². The lowest BCUT2D eigenvalue weighted by Crippen LogP contribution is -2.34. The van der Waals surface area contributed by atoms with Crippen LogP contribution in [0.15, 0.2) is 45.8 Å². The molecule has 0 saturated heterocycles. The SMILES string of the molecule is CC(C)Cc1nc(CN(C)C(=O)c2cccn(Cc3c(Cl)cccc3Cl)c2=O)no1. The van der Waals surface area contributed by atoms with Crippen molar-refractivity contribution in [2.45, 2.75) is 33.4 Å². The van der Waals surface area contributed by atoms with Gasteiger partial charge in [0.05, 0.1) is 13.1 Å². The van der Waals surface area contributed by atoms with Crippen molar-refractivity contribution in [3.63, 3.8) is 0 Å². The third-order valence-corrected chi connectivity index (χ3v) is 5.17. The number of carbonyl (C=O) groups is 1. The fourth-order valence-corrected chi connectivity index (χ4v) is 3.47. The van der Waals surface area contributed by atoms with E-state index in [1.807, 2.05) is 0 Å². The van der Waals surface area contributed by atoms with Crippen molar-refractivity contribution in [1.29, 1.82) is 0 Å². The molecule has 2 aromatic heterocycles. The number of carbonyl (C=O) groups excluding carboxylic acids is 1. The lowest BCUT2D eigenvalue weighted by atomic mass is 10.1. The second kappa shape index (κ2) is 9.45. The third-order valence-electron chi connectivity index (χ3n) is 4.46. The van der Waals surface area contributed by atoms with E-state index in [0.717, 1.165) is 0 Å². The second-order valence-corrected chi connectivity index (χ2v) is 8.23. The molecule has 0 N–H and O–H groups in total. The minimum atomic E-state index is -0.435. The fraction of sp³-hybridized carbons (Fsp3) is 0.333. The lowest BCUT2D eigenvalue weighted by molar-refractivity contribution is 0.0778. The van der Waals surface area contributed by atoms with Gasteiger partial charge in [-0.25, -0.2) is 0 Å². The van der Waals surface area contributed by atoms with Crippen LogP contribution < -0.4 is 5.56 Å². The minimum Gasteiger partial charge on any atom is -0.339 e. The van der Waals surface area contributed by atoms with Gasteiger partial charge in [-0.1, -0.05) is 48.3 Å². The number of nitrogens with zero attached hydrogens (tertiary/aromatic N) is 4. The molecule has 9 heteroatoms. The normalized spacial score (nSPS) is 11.1. The number of aromatic nitrogens is 3. The number of benzene rings is 1. The fourth-order valence-electron chi connectivity index (χ4n) is 2.95. The van der Waals surface area contributed by atoms with E-state index < -0.39 is 11.5 Å². The Labute approximate surface area is 184 Å². The summed E-state index contributed by atoms with van der Waals surface area (Å²) >= 11 is 12.4. The van der Waals surface area contributed by atoms with Crippen LogP contribution in [0.25, 0.3) is 0 Å². The van der Waals surface area contributed by atoms with Gasteiger partial charge in [-0.05, 0) is 30.2 Å². The van der Waals surface area contributed by atoms with E-state index in [2.05, 4.69) is 24.0 Å². The Kier molecular flexibility index (Phi) is 6.95. The minimum absolute atomic E-state index is 0.0362. The van der Waals surface area contributed by atoms with Crippen LogP contribution in [0.3, 0.4) is 0 Å². The molecule has 3 rings (SSSR count). The third kappa shape index (κ3) is 5.09. The molecule has 0 fully saturated rings. The average molecular weight is 449 g/mol. The van der Waals surface area contributed by atoms with Gasteiger partial charge in [0.15, 0.2) is 5.82 Å². The summed E-state index contributed by atoms with van der Waals surface area (Å²) in [5.74, 6) is 0.863. The zero-order chi connectivity index (χ0) is 21.8. The molecular weight excluding hydrogens is 427 g/mol. The first-order valence-electron chi connectivity index (χ1n) is 9.45. The van der Waals surface area contributed by atoms with Gasteiger partial charge >= 0.3 is 0 Å². The zero-order valence-corrected chi connectivity index (χ0v) is 18.4. The Bertz CT molecular complexity index is 1090. The number of halogens is 2. The number of hydrogen-bond donors (Lipinski definition) is 0. The van der Waals surface area contributed by atoms with E-state index in [0.29, 0.717) is 39.7 Å². The largest absolute Gasteiger partial charge is 0.339 e. The summed E-state index contributed by atoms with van der Waals surface area (Å²) in [5, 5.41) is 4.82. The standard InChI is InChI=1S/C21H22Cl2N4O3/c1-13(2)10-19-24-18(25-30-19)12-26(3)20(28)14-6-5-9-27(21(14)29)11-15-16(22)7-4-8-17(15)23/h4-9,13H,10-12H2,1-3H3. The molecule has 0 aliphatic carbocycles. The van der Waals surface area contributed by atoms with Gasteiger partial charge < -0.3 is 14.0 Å². The molecule has 0 spiro atoms. The van der Waals surface area contributed by atoms with E-state index in [1.165, 1.54) is 15.5 Å². The molecule has 0 atom stereocenters. The molecule has 0 saturated carbocycles. The van der Waals surface area contributed by atoms with E-state index in [-0.39, 0.29) is 18.7 Å². The van der Waals surface area contributed by atoms with Crippen LogP contribution >= 0.6 is 23.2 Å².